The molecule has 0 radical (unpaired) electrons. The smallest absolute Gasteiger partial charge is 0.271 e. The minimum absolute atomic E-state index is 0.0690. The molecule has 0 saturated heterocycles. The van der Waals surface area contributed by atoms with Crippen molar-refractivity contribution in [3.05, 3.63) is 41.3 Å². The molecule has 0 spiro atoms. The van der Waals surface area contributed by atoms with Crippen molar-refractivity contribution < 1.29 is 13.5 Å². The number of benzene rings is 1. The molecule has 0 aliphatic heterocycles. The molecular weight excluding hydrogens is 284 g/mol. The molecule has 1 aromatic heterocycles. The van der Waals surface area contributed by atoms with Crippen molar-refractivity contribution in [3.8, 4) is 0 Å². The largest absolute Gasteiger partial charge is 0.398 e. The van der Waals surface area contributed by atoms with E-state index in [-0.39, 0.29) is 10.8 Å². The van der Waals surface area contributed by atoms with Crippen LogP contribution in [0, 0.1) is 0 Å². The van der Waals surface area contributed by atoms with Gasteiger partial charge in [0.05, 0.1) is 0 Å². The van der Waals surface area contributed by atoms with Crippen LogP contribution in [0.5, 0.6) is 0 Å². The average molecular weight is 298 g/mol. The van der Waals surface area contributed by atoms with Crippen molar-refractivity contribution in [1.82, 2.24) is 0 Å². The predicted molar refractivity (Wildman–Crippen MR) is 76.8 cm³/mol. The summed E-state index contributed by atoms with van der Waals surface area (Å²) >= 11 is 1.08. The van der Waals surface area contributed by atoms with Crippen LogP contribution >= 0.6 is 11.3 Å². The molecule has 0 bridgehead atoms. The second-order valence-electron chi connectivity index (χ2n) is 3.98. The lowest BCUT2D eigenvalue weighted by molar-refractivity contribution is 0.299. The fraction of sp³-hybridized carbons (Fsp3) is 0.167. The maximum atomic E-state index is 12.0. The molecule has 5 nitrogen and oxygen atoms in total. The number of nitrogens with one attached hydrogen (secondary N) is 1. The Morgan fingerprint density at radius 3 is 2.47 bits per heavy atom. The molecule has 7 heteroatoms. The third-order valence-electron chi connectivity index (χ3n) is 2.47. The molecule has 0 atom stereocenters. The van der Waals surface area contributed by atoms with Crippen LogP contribution in [0.2, 0.25) is 0 Å². The van der Waals surface area contributed by atoms with Crippen LogP contribution in [0.15, 0.2) is 39.9 Å². The highest BCUT2D eigenvalue weighted by Crippen LogP contribution is 2.24. The van der Waals surface area contributed by atoms with E-state index in [9.17, 15) is 8.42 Å². The van der Waals surface area contributed by atoms with E-state index in [1.807, 2.05) is 0 Å². The number of nitrogens with two attached hydrogens (primary N) is 1. The zero-order chi connectivity index (χ0) is 13.9. The van der Waals surface area contributed by atoms with E-state index in [0.29, 0.717) is 17.8 Å². The van der Waals surface area contributed by atoms with E-state index in [1.54, 1.807) is 29.6 Å². The fourth-order valence-corrected chi connectivity index (χ4v) is 3.68. The van der Waals surface area contributed by atoms with Crippen LogP contribution in [-0.2, 0) is 16.4 Å². The highest BCUT2D eigenvalue weighted by Gasteiger charge is 2.16. The van der Waals surface area contributed by atoms with Crippen molar-refractivity contribution in [2.24, 2.45) is 0 Å². The van der Waals surface area contributed by atoms with Crippen molar-refractivity contribution in [2.45, 2.75) is 10.6 Å². The van der Waals surface area contributed by atoms with Gasteiger partial charge in [-0.3, -0.25) is 4.72 Å². The van der Waals surface area contributed by atoms with E-state index in [0.717, 1.165) is 16.9 Å². The van der Waals surface area contributed by atoms with Crippen LogP contribution in [0.25, 0.3) is 0 Å². The molecular formula is C12H14N2O3S2. The van der Waals surface area contributed by atoms with Crippen LogP contribution in [-0.4, -0.2) is 20.1 Å². The number of nitrogen functional groups attached to an aromatic ring is 1. The zero-order valence-corrected chi connectivity index (χ0v) is 11.7. The van der Waals surface area contributed by atoms with Gasteiger partial charge in [0.1, 0.15) is 4.21 Å². The van der Waals surface area contributed by atoms with Gasteiger partial charge in [0.25, 0.3) is 10.0 Å². The van der Waals surface area contributed by atoms with Gasteiger partial charge in [-0.15, -0.1) is 11.3 Å². The van der Waals surface area contributed by atoms with Gasteiger partial charge in [-0.2, -0.15) is 0 Å². The second-order valence-corrected chi connectivity index (χ2v) is 6.80. The number of thiophene rings is 1. The topological polar surface area (TPSA) is 92.4 Å². The fourth-order valence-electron chi connectivity index (χ4n) is 1.55. The summed E-state index contributed by atoms with van der Waals surface area (Å²) in [4.78, 5) is 0. The molecule has 102 valence electrons. The first-order valence-corrected chi connectivity index (χ1v) is 7.94. The van der Waals surface area contributed by atoms with Crippen LogP contribution in [0.3, 0.4) is 0 Å². The minimum Gasteiger partial charge on any atom is -0.398 e. The minimum atomic E-state index is -3.58. The lowest BCUT2D eigenvalue weighted by Crippen LogP contribution is -2.11. The lowest BCUT2D eigenvalue weighted by atomic mass is 10.1. The van der Waals surface area contributed by atoms with Crippen molar-refractivity contribution >= 4 is 32.7 Å². The molecule has 0 amide bonds. The normalized spacial score (nSPS) is 11.4. The number of aliphatic hydroxyl groups is 1. The molecule has 1 aromatic carbocycles. The van der Waals surface area contributed by atoms with Crippen LogP contribution in [0.4, 0.5) is 11.4 Å². The summed E-state index contributed by atoms with van der Waals surface area (Å²) in [5, 5.41) is 10.4. The third kappa shape index (κ3) is 3.46. The van der Waals surface area contributed by atoms with E-state index in [1.165, 1.54) is 6.07 Å². The second kappa shape index (κ2) is 5.60. The van der Waals surface area contributed by atoms with E-state index in [4.69, 9.17) is 10.8 Å². The van der Waals surface area contributed by atoms with Gasteiger partial charge < -0.3 is 10.8 Å². The summed E-state index contributed by atoms with van der Waals surface area (Å²) in [5.41, 5.74) is 7.38. The number of anilines is 2. The molecule has 1 heterocycles. The summed E-state index contributed by atoms with van der Waals surface area (Å²) in [6, 6.07) is 8.31. The molecule has 2 aromatic rings. The zero-order valence-electron chi connectivity index (χ0n) is 10.0. The van der Waals surface area contributed by atoms with Gasteiger partial charge in [0.2, 0.25) is 0 Å². The Bertz CT molecular complexity index is 648. The first kappa shape index (κ1) is 13.9. The third-order valence-corrected chi connectivity index (χ3v) is 5.31. The van der Waals surface area contributed by atoms with Gasteiger partial charge >= 0.3 is 0 Å². The van der Waals surface area contributed by atoms with Crippen molar-refractivity contribution in [2.75, 3.05) is 17.1 Å². The van der Waals surface area contributed by atoms with Gasteiger partial charge in [0.15, 0.2) is 0 Å². The van der Waals surface area contributed by atoms with Gasteiger partial charge in [0, 0.05) is 23.4 Å². The molecule has 0 saturated carbocycles. The Morgan fingerprint density at radius 1 is 1.26 bits per heavy atom. The summed E-state index contributed by atoms with van der Waals surface area (Å²) < 4.78 is 26.7. The highest BCUT2D eigenvalue weighted by atomic mass is 32.2. The summed E-state index contributed by atoms with van der Waals surface area (Å²) in [6.07, 6.45) is 0.550. The average Bonchev–Trinajstić information content (AvgIpc) is 2.79. The molecule has 19 heavy (non-hydrogen) atoms. The number of aliphatic hydroxyl groups excluding tert-OH is 1. The maximum absolute atomic E-state index is 12.0. The summed E-state index contributed by atoms with van der Waals surface area (Å²) in [7, 11) is -3.58. The van der Waals surface area contributed by atoms with Gasteiger partial charge in [-0.25, -0.2) is 8.42 Å². The van der Waals surface area contributed by atoms with Crippen LogP contribution < -0.4 is 10.5 Å². The molecule has 0 fully saturated rings. The monoisotopic (exact) mass is 298 g/mol. The number of sulfonamides is 1. The Labute approximate surface area is 115 Å². The Hall–Kier alpha value is -1.57. The highest BCUT2D eigenvalue weighted by molar-refractivity contribution is 7.94. The van der Waals surface area contributed by atoms with Gasteiger partial charge in [-0.1, -0.05) is 12.1 Å². The molecule has 2 rings (SSSR count). The quantitative estimate of drug-likeness (QED) is 0.783. The summed E-state index contributed by atoms with van der Waals surface area (Å²) in [6.45, 7) is 0.0690. The first-order chi connectivity index (χ1) is 9.01. The number of rotatable bonds is 5. The standard InChI is InChI=1S/C12H14N2O3S2/c13-10-7-12(18-8-10)19(16,17)14-11-3-1-9(2-4-11)5-6-15/h1-4,7-8,14-15H,5-6,13H2. The number of hydrogen-bond acceptors (Lipinski definition) is 5. The Balaban J connectivity index is 2.16. The molecule has 4 N–H and O–H groups in total. The Kier molecular flexibility index (Phi) is 4.08. The Morgan fingerprint density at radius 2 is 1.95 bits per heavy atom. The maximum Gasteiger partial charge on any atom is 0.271 e. The number of hydrogen-bond donors (Lipinski definition) is 3. The first-order valence-electron chi connectivity index (χ1n) is 5.58. The van der Waals surface area contributed by atoms with E-state index < -0.39 is 10.0 Å². The lowest BCUT2D eigenvalue weighted by Gasteiger charge is -2.07. The molecule has 0 aliphatic carbocycles. The van der Waals surface area contributed by atoms with Crippen LogP contribution in [0.1, 0.15) is 5.56 Å². The van der Waals surface area contributed by atoms with E-state index in [2.05, 4.69) is 4.72 Å². The van der Waals surface area contributed by atoms with Crippen molar-refractivity contribution in [3.63, 3.8) is 0 Å². The SMILES string of the molecule is Nc1csc(S(=O)(=O)Nc2ccc(CCO)cc2)c1. The van der Waals surface area contributed by atoms with Gasteiger partial charge in [-0.05, 0) is 30.2 Å². The summed E-state index contributed by atoms with van der Waals surface area (Å²) in [5.74, 6) is 0. The molecule has 0 aliphatic rings. The molecule has 0 unspecified atom stereocenters. The van der Waals surface area contributed by atoms with E-state index >= 15 is 0 Å². The predicted octanol–water partition coefficient (Wildman–Crippen LogP) is 1.67. The van der Waals surface area contributed by atoms with Crippen molar-refractivity contribution in [1.29, 1.82) is 0 Å².